The van der Waals surface area contributed by atoms with E-state index >= 15 is 0 Å². The number of aryl methyl sites for hydroxylation is 1. The largest absolute Gasteiger partial charge is 0.479 e. The first-order valence-corrected chi connectivity index (χ1v) is 6.36. The average Bonchev–Trinajstić information content (AvgIpc) is 2.96. The van der Waals surface area contributed by atoms with Crippen LogP contribution in [0.15, 0.2) is 40.9 Å². The summed E-state index contributed by atoms with van der Waals surface area (Å²) >= 11 is 0. The summed E-state index contributed by atoms with van der Waals surface area (Å²) in [7, 11) is 1.46. The molecule has 0 aliphatic rings. The molecule has 0 atom stereocenters. The number of aromatic nitrogens is 2. The van der Waals surface area contributed by atoms with E-state index in [9.17, 15) is 4.79 Å². The van der Waals surface area contributed by atoms with Gasteiger partial charge in [-0.1, -0.05) is 6.07 Å². The number of ether oxygens (including phenoxy) is 1. The van der Waals surface area contributed by atoms with Crippen LogP contribution >= 0.6 is 0 Å². The highest BCUT2D eigenvalue weighted by molar-refractivity contribution is 6.07. The van der Waals surface area contributed by atoms with Gasteiger partial charge in [0.15, 0.2) is 0 Å². The maximum atomic E-state index is 12.1. The first-order chi connectivity index (χ1) is 10.2. The molecule has 6 heteroatoms. The van der Waals surface area contributed by atoms with Crippen LogP contribution in [-0.4, -0.2) is 23.2 Å². The molecule has 3 rings (SSSR count). The van der Waals surface area contributed by atoms with Gasteiger partial charge in [-0.2, -0.15) is 0 Å². The van der Waals surface area contributed by atoms with Crippen LogP contribution < -0.4 is 10.1 Å². The molecule has 0 saturated carbocycles. The van der Waals surface area contributed by atoms with Crippen LogP contribution in [-0.2, 0) is 0 Å². The molecular formula is C15H13N3O3. The number of methoxy groups -OCH3 is 1. The fourth-order valence-corrected chi connectivity index (χ4v) is 2.01. The summed E-state index contributed by atoms with van der Waals surface area (Å²) in [6, 6.07) is 10.8. The lowest BCUT2D eigenvalue weighted by Crippen LogP contribution is -2.11. The van der Waals surface area contributed by atoms with E-state index in [0.29, 0.717) is 5.69 Å². The zero-order valence-corrected chi connectivity index (χ0v) is 11.6. The molecule has 0 bridgehead atoms. The molecule has 0 spiro atoms. The third-order valence-corrected chi connectivity index (χ3v) is 3.04. The summed E-state index contributed by atoms with van der Waals surface area (Å²) < 4.78 is 9.80. The van der Waals surface area contributed by atoms with Crippen molar-refractivity contribution in [2.75, 3.05) is 12.4 Å². The zero-order chi connectivity index (χ0) is 14.8. The van der Waals surface area contributed by atoms with E-state index < -0.39 is 0 Å². The van der Waals surface area contributed by atoms with E-state index in [1.807, 2.05) is 37.3 Å². The predicted octanol–water partition coefficient (Wildman–Crippen LogP) is 2.79. The minimum absolute atomic E-state index is 0.0870. The van der Waals surface area contributed by atoms with E-state index in [-0.39, 0.29) is 17.5 Å². The molecule has 0 saturated heterocycles. The van der Waals surface area contributed by atoms with Gasteiger partial charge in [-0.3, -0.25) is 9.78 Å². The number of fused-ring (bicyclic) bond motifs is 1. The van der Waals surface area contributed by atoms with Crippen LogP contribution in [0.4, 0.5) is 5.69 Å². The van der Waals surface area contributed by atoms with E-state index in [1.54, 1.807) is 0 Å². The Kier molecular flexibility index (Phi) is 3.27. The van der Waals surface area contributed by atoms with Crippen molar-refractivity contribution in [3.05, 3.63) is 47.9 Å². The van der Waals surface area contributed by atoms with Gasteiger partial charge in [0.05, 0.1) is 24.4 Å². The second-order valence-corrected chi connectivity index (χ2v) is 4.51. The molecule has 0 aliphatic carbocycles. The van der Waals surface area contributed by atoms with E-state index in [2.05, 4.69) is 15.5 Å². The third kappa shape index (κ3) is 2.55. The highest BCUT2D eigenvalue weighted by Gasteiger charge is 2.14. The average molecular weight is 283 g/mol. The van der Waals surface area contributed by atoms with Gasteiger partial charge in [0, 0.05) is 11.1 Å². The second kappa shape index (κ2) is 5.24. The topological polar surface area (TPSA) is 77.2 Å². The number of amides is 1. The molecular weight excluding hydrogens is 270 g/mol. The van der Waals surface area contributed by atoms with Crippen molar-refractivity contribution < 1.29 is 14.1 Å². The van der Waals surface area contributed by atoms with E-state index in [4.69, 9.17) is 9.26 Å². The molecule has 3 aromatic rings. The monoisotopic (exact) mass is 283 g/mol. The highest BCUT2D eigenvalue weighted by Crippen LogP contribution is 2.23. The number of anilines is 1. The van der Waals surface area contributed by atoms with E-state index in [0.717, 1.165) is 16.6 Å². The summed E-state index contributed by atoms with van der Waals surface area (Å²) in [5, 5.41) is 7.25. The van der Waals surface area contributed by atoms with Crippen LogP contribution in [0.2, 0.25) is 0 Å². The Labute approximate surface area is 120 Å². The normalized spacial score (nSPS) is 10.6. The molecule has 1 amide bonds. The Morgan fingerprint density at radius 1 is 1.29 bits per heavy atom. The van der Waals surface area contributed by atoms with Crippen molar-refractivity contribution >= 4 is 22.5 Å². The van der Waals surface area contributed by atoms with Gasteiger partial charge in [-0.05, 0) is 36.3 Å². The molecule has 0 fully saturated rings. The zero-order valence-electron chi connectivity index (χ0n) is 11.6. The smallest absolute Gasteiger partial charge is 0.294 e. The number of benzene rings is 1. The quantitative estimate of drug-likeness (QED) is 0.799. The molecule has 2 aromatic heterocycles. The Bertz CT molecular complexity index is 811. The van der Waals surface area contributed by atoms with Gasteiger partial charge in [0.25, 0.3) is 11.8 Å². The van der Waals surface area contributed by atoms with Gasteiger partial charge in [0.1, 0.15) is 0 Å². The minimum atomic E-state index is -0.390. The molecule has 0 unspecified atom stereocenters. The van der Waals surface area contributed by atoms with Crippen LogP contribution in [0.5, 0.6) is 5.88 Å². The van der Waals surface area contributed by atoms with Crippen LogP contribution in [0.25, 0.3) is 10.9 Å². The molecule has 21 heavy (non-hydrogen) atoms. The molecule has 6 nitrogen and oxygen atoms in total. The van der Waals surface area contributed by atoms with Crippen LogP contribution in [0.3, 0.4) is 0 Å². The number of hydrogen-bond donors (Lipinski definition) is 1. The molecule has 106 valence electrons. The fourth-order valence-electron chi connectivity index (χ4n) is 2.01. The number of nitrogens with zero attached hydrogens (tertiary/aromatic N) is 2. The van der Waals surface area contributed by atoms with Crippen LogP contribution in [0.1, 0.15) is 16.2 Å². The van der Waals surface area contributed by atoms with Crippen molar-refractivity contribution in [3.8, 4) is 5.88 Å². The third-order valence-electron chi connectivity index (χ3n) is 3.04. The summed E-state index contributed by atoms with van der Waals surface area (Å²) in [5.41, 5.74) is 2.41. The van der Waals surface area contributed by atoms with Crippen molar-refractivity contribution in [1.29, 1.82) is 0 Å². The first-order valence-electron chi connectivity index (χ1n) is 6.36. The van der Waals surface area contributed by atoms with Crippen molar-refractivity contribution in [3.63, 3.8) is 0 Å². The van der Waals surface area contributed by atoms with Crippen molar-refractivity contribution in [1.82, 2.24) is 10.1 Å². The number of hydrogen-bond acceptors (Lipinski definition) is 5. The lowest BCUT2D eigenvalue weighted by molar-refractivity contribution is 0.0987. The lowest BCUT2D eigenvalue weighted by atomic mass is 10.1. The lowest BCUT2D eigenvalue weighted by Gasteiger charge is -2.07. The second-order valence-electron chi connectivity index (χ2n) is 4.51. The minimum Gasteiger partial charge on any atom is -0.479 e. The summed E-state index contributed by atoms with van der Waals surface area (Å²) in [6.07, 6.45) is 0. The molecule has 1 N–H and O–H groups in total. The van der Waals surface area contributed by atoms with Gasteiger partial charge in [-0.15, -0.1) is 0 Å². The molecule has 0 radical (unpaired) electrons. The summed E-state index contributed by atoms with van der Waals surface area (Å²) in [6.45, 7) is 1.92. The standard InChI is InChI=1S/C15H13N3O3/c1-9-6-7-10-11(16-9)4-3-5-12(10)17-15(19)13-8-14(20-2)18-21-13/h3-8H,1-2H3,(H,17,19). The Balaban J connectivity index is 1.92. The van der Waals surface area contributed by atoms with Gasteiger partial charge in [-0.25, -0.2) is 0 Å². The Morgan fingerprint density at radius 3 is 2.90 bits per heavy atom. The summed E-state index contributed by atoms with van der Waals surface area (Å²) in [4.78, 5) is 16.6. The Morgan fingerprint density at radius 2 is 2.14 bits per heavy atom. The number of carbonyl (C=O) groups is 1. The maximum Gasteiger partial charge on any atom is 0.294 e. The molecule has 0 aliphatic heterocycles. The van der Waals surface area contributed by atoms with Gasteiger partial charge < -0.3 is 14.6 Å². The van der Waals surface area contributed by atoms with Crippen LogP contribution in [0, 0.1) is 6.92 Å². The van der Waals surface area contributed by atoms with E-state index in [1.165, 1.54) is 13.2 Å². The summed E-state index contributed by atoms with van der Waals surface area (Å²) in [5.74, 6) is -0.0434. The van der Waals surface area contributed by atoms with Crippen molar-refractivity contribution in [2.24, 2.45) is 0 Å². The first kappa shape index (κ1) is 13.1. The molecule has 1 aromatic carbocycles. The number of carbonyl (C=O) groups excluding carboxylic acids is 1. The predicted molar refractivity (Wildman–Crippen MR) is 77.5 cm³/mol. The molecule has 2 heterocycles. The van der Waals surface area contributed by atoms with Gasteiger partial charge >= 0.3 is 0 Å². The van der Waals surface area contributed by atoms with Gasteiger partial charge in [0.2, 0.25) is 5.76 Å². The number of nitrogens with one attached hydrogen (secondary N) is 1. The number of pyridine rings is 1. The fraction of sp³-hybridized carbons (Fsp3) is 0.133. The number of rotatable bonds is 3. The highest BCUT2D eigenvalue weighted by atomic mass is 16.5. The SMILES string of the molecule is COc1cc(C(=O)Nc2cccc3nc(C)ccc23)on1. The maximum absolute atomic E-state index is 12.1. The van der Waals surface area contributed by atoms with Crippen molar-refractivity contribution in [2.45, 2.75) is 6.92 Å². The Hall–Kier alpha value is -2.89.